The Morgan fingerprint density at radius 3 is 2.47 bits per heavy atom. The molecule has 1 aliphatic carbocycles. The molecule has 1 N–H and O–H groups in total. The minimum absolute atomic E-state index is 0.160. The molecule has 0 radical (unpaired) electrons. The quantitative estimate of drug-likeness (QED) is 0.869. The maximum Gasteiger partial charge on any atom is 0.231 e. The molecule has 17 heavy (non-hydrogen) atoms. The van der Waals surface area contributed by atoms with E-state index in [0.29, 0.717) is 5.75 Å². The second-order valence-electron chi connectivity index (χ2n) is 4.74. The molecule has 4 heteroatoms. The summed E-state index contributed by atoms with van der Waals surface area (Å²) >= 11 is 0. The van der Waals surface area contributed by atoms with Crippen LogP contribution in [0.2, 0.25) is 0 Å². The molecular formula is C13H16O4. The van der Waals surface area contributed by atoms with Crippen molar-refractivity contribution in [2.24, 2.45) is 0 Å². The smallest absolute Gasteiger partial charge is 0.231 e. The lowest BCUT2D eigenvalue weighted by Gasteiger charge is -2.22. The number of hydrogen-bond donors (Lipinski definition) is 1. The van der Waals surface area contributed by atoms with Gasteiger partial charge in [0.05, 0.1) is 13.2 Å². The van der Waals surface area contributed by atoms with E-state index in [1.54, 1.807) is 7.11 Å². The molecule has 0 bridgehead atoms. The van der Waals surface area contributed by atoms with Gasteiger partial charge in [-0.15, -0.1) is 0 Å². The van der Waals surface area contributed by atoms with E-state index in [1.165, 1.54) is 0 Å². The number of aliphatic hydroxyl groups is 1. The zero-order valence-electron chi connectivity index (χ0n) is 10.0. The topological polar surface area (TPSA) is 47.9 Å². The number of benzene rings is 1. The highest BCUT2D eigenvalue weighted by molar-refractivity contribution is 5.56. The van der Waals surface area contributed by atoms with Gasteiger partial charge >= 0.3 is 0 Å². The molecule has 0 aromatic heterocycles. The first kappa shape index (κ1) is 10.7. The van der Waals surface area contributed by atoms with Crippen LogP contribution in [0.5, 0.6) is 17.2 Å². The minimum Gasteiger partial charge on any atom is -0.496 e. The fourth-order valence-corrected chi connectivity index (χ4v) is 2.53. The van der Waals surface area contributed by atoms with Crippen molar-refractivity contribution in [2.75, 3.05) is 13.9 Å². The van der Waals surface area contributed by atoms with Crippen LogP contribution in [0.1, 0.15) is 25.3 Å². The third-order valence-electron chi connectivity index (χ3n) is 3.82. The van der Waals surface area contributed by atoms with Gasteiger partial charge in [0.25, 0.3) is 0 Å². The van der Waals surface area contributed by atoms with Crippen molar-refractivity contribution in [2.45, 2.75) is 31.3 Å². The van der Waals surface area contributed by atoms with E-state index in [1.807, 2.05) is 19.1 Å². The second kappa shape index (κ2) is 3.53. The first-order valence-corrected chi connectivity index (χ1v) is 5.83. The van der Waals surface area contributed by atoms with E-state index in [0.717, 1.165) is 29.9 Å². The number of aliphatic hydroxyl groups excluding tert-OH is 1. The Balaban J connectivity index is 2.10. The fraction of sp³-hybridized carbons (Fsp3) is 0.538. The molecule has 4 nitrogen and oxygen atoms in total. The highest BCUT2D eigenvalue weighted by Gasteiger charge is 2.50. The molecule has 0 amide bonds. The summed E-state index contributed by atoms with van der Waals surface area (Å²) in [6, 6.07) is 3.79. The molecule has 1 aromatic rings. The first-order chi connectivity index (χ1) is 8.17. The number of fused-ring (bicyclic) bond motifs is 1. The Hall–Kier alpha value is -1.42. The van der Waals surface area contributed by atoms with E-state index in [4.69, 9.17) is 14.2 Å². The second-order valence-corrected chi connectivity index (χ2v) is 4.74. The van der Waals surface area contributed by atoms with Crippen molar-refractivity contribution in [3.8, 4) is 17.2 Å². The molecule has 92 valence electrons. The van der Waals surface area contributed by atoms with Crippen LogP contribution in [0.25, 0.3) is 0 Å². The zero-order valence-corrected chi connectivity index (χ0v) is 10.0. The van der Waals surface area contributed by atoms with Gasteiger partial charge in [-0.3, -0.25) is 0 Å². The van der Waals surface area contributed by atoms with Gasteiger partial charge in [0.15, 0.2) is 11.5 Å². The highest BCUT2D eigenvalue weighted by atomic mass is 16.7. The van der Waals surface area contributed by atoms with Gasteiger partial charge in [-0.1, -0.05) is 0 Å². The number of methoxy groups -OCH3 is 1. The van der Waals surface area contributed by atoms with E-state index in [2.05, 4.69) is 0 Å². The van der Waals surface area contributed by atoms with Gasteiger partial charge in [0, 0.05) is 17.0 Å². The standard InChI is InChI=1S/C13H16O4/c1-8(14)13(3-4-13)9-5-11-12(17-7-16-11)6-10(9)15-2/h5-6,8,14H,3-4,7H2,1-2H3. The van der Waals surface area contributed by atoms with Gasteiger partial charge in [-0.25, -0.2) is 0 Å². The van der Waals surface area contributed by atoms with Gasteiger partial charge in [0.1, 0.15) is 5.75 Å². The molecule has 1 aromatic carbocycles. The Morgan fingerprint density at radius 1 is 1.29 bits per heavy atom. The maximum absolute atomic E-state index is 9.94. The van der Waals surface area contributed by atoms with Crippen LogP contribution in [0.3, 0.4) is 0 Å². The summed E-state index contributed by atoms with van der Waals surface area (Å²) in [5.74, 6) is 2.23. The van der Waals surface area contributed by atoms with Gasteiger partial charge in [0.2, 0.25) is 6.79 Å². The van der Waals surface area contributed by atoms with Gasteiger partial charge in [-0.05, 0) is 25.8 Å². The van der Waals surface area contributed by atoms with Crippen LogP contribution in [0, 0.1) is 0 Å². The number of rotatable bonds is 3. The maximum atomic E-state index is 9.94. The van der Waals surface area contributed by atoms with Crippen molar-refractivity contribution in [1.82, 2.24) is 0 Å². The van der Waals surface area contributed by atoms with Crippen molar-refractivity contribution >= 4 is 0 Å². The van der Waals surface area contributed by atoms with Crippen LogP contribution < -0.4 is 14.2 Å². The third kappa shape index (κ3) is 1.47. The molecule has 1 heterocycles. The molecule has 1 atom stereocenters. The van der Waals surface area contributed by atoms with Crippen molar-refractivity contribution in [1.29, 1.82) is 0 Å². The molecule has 1 aliphatic heterocycles. The summed E-state index contributed by atoms with van der Waals surface area (Å²) < 4.78 is 16.1. The van der Waals surface area contributed by atoms with E-state index in [-0.39, 0.29) is 18.3 Å². The summed E-state index contributed by atoms with van der Waals surface area (Å²) in [6.07, 6.45) is 1.60. The minimum atomic E-state index is -0.378. The first-order valence-electron chi connectivity index (χ1n) is 5.83. The number of hydrogen-bond acceptors (Lipinski definition) is 4. The van der Waals surface area contributed by atoms with Crippen LogP contribution in [-0.4, -0.2) is 25.1 Å². The average molecular weight is 236 g/mol. The molecule has 3 rings (SSSR count). The molecule has 0 spiro atoms. The van der Waals surface area contributed by atoms with Crippen molar-refractivity contribution < 1.29 is 19.3 Å². The molecule has 1 unspecified atom stereocenters. The lowest BCUT2D eigenvalue weighted by atomic mass is 9.89. The number of ether oxygens (including phenoxy) is 3. The summed E-state index contributed by atoms with van der Waals surface area (Å²) in [5, 5.41) is 9.94. The molecule has 1 fully saturated rings. The van der Waals surface area contributed by atoms with E-state index in [9.17, 15) is 5.11 Å². The van der Waals surface area contributed by atoms with Crippen LogP contribution in [-0.2, 0) is 5.41 Å². The van der Waals surface area contributed by atoms with E-state index >= 15 is 0 Å². The van der Waals surface area contributed by atoms with Gasteiger partial charge in [-0.2, -0.15) is 0 Å². The Bertz CT molecular complexity index is 449. The summed E-state index contributed by atoms with van der Waals surface area (Å²) in [7, 11) is 1.64. The Morgan fingerprint density at radius 2 is 1.94 bits per heavy atom. The predicted molar refractivity (Wildman–Crippen MR) is 61.7 cm³/mol. The van der Waals surface area contributed by atoms with Crippen LogP contribution >= 0.6 is 0 Å². The summed E-state index contributed by atoms with van der Waals surface area (Å²) in [6.45, 7) is 2.08. The predicted octanol–water partition coefficient (Wildman–Crippen LogP) is 1.84. The third-order valence-corrected chi connectivity index (χ3v) is 3.82. The molecular weight excluding hydrogens is 220 g/mol. The monoisotopic (exact) mass is 236 g/mol. The lowest BCUT2D eigenvalue weighted by Crippen LogP contribution is -2.23. The molecule has 1 saturated carbocycles. The van der Waals surface area contributed by atoms with Crippen molar-refractivity contribution in [3.63, 3.8) is 0 Å². The normalized spacial score (nSPS) is 21.1. The molecule has 0 saturated heterocycles. The zero-order chi connectivity index (χ0) is 12.0. The lowest BCUT2D eigenvalue weighted by molar-refractivity contribution is 0.149. The van der Waals surface area contributed by atoms with E-state index < -0.39 is 0 Å². The Labute approximate surface area is 100 Å². The van der Waals surface area contributed by atoms with Gasteiger partial charge < -0.3 is 19.3 Å². The van der Waals surface area contributed by atoms with Crippen LogP contribution in [0.15, 0.2) is 12.1 Å². The average Bonchev–Trinajstić information content (AvgIpc) is 3.01. The SMILES string of the molecule is COc1cc2c(cc1C1(C(C)O)CC1)OCO2. The highest BCUT2D eigenvalue weighted by Crippen LogP contribution is 2.56. The van der Waals surface area contributed by atoms with Crippen molar-refractivity contribution in [3.05, 3.63) is 17.7 Å². The summed E-state index contributed by atoms with van der Waals surface area (Å²) in [4.78, 5) is 0. The molecule has 2 aliphatic rings. The van der Waals surface area contributed by atoms with Crippen LogP contribution in [0.4, 0.5) is 0 Å². The Kier molecular flexibility index (Phi) is 2.23. The fourth-order valence-electron chi connectivity index (χ4n) is 2.53. The summed E-state index contributed by atoms with van der Waals surface area (Å²) in [5.41, 5.74) is 0.867. The largest absolute Gasteiger partial charge is 0.496 e.